The summed E-state index contributed by atoms with van der Waals surface area (Å²) in [6.07, 6.45) is 31.4. The fourth-order valence-electron chi connectivity index (χ4n) is 5.99. The molecule has 0 saturated heterocycles. The minimum absolute atomic E-state index is 0.375. The highest BCUT2D eigenvalue weighted by atomic mass is 16.3. The standard InChI is InChI=1S/C37H75NO5/c1-3-5-7-9-11-13-14-15-16-17-18-19-20-21-22-23-25-27-29-31-35(41)37(43)38-33(32-39)36(42)34(40)30-28-26-24-12-10-8-6-4-2/h33-36,39-42H,3-32H2,1-2H3,(H,38,43). The van der Waals surface area contributed by atoms with Crippen molar-refractivity contribution in [2.24, 2.45) is 0 Å². The molecule has 0 aromatic rings. The van der Waals surface area contributed by atoms with Crippen LogP contribution < -0.4 is 5.32 Å². The molecule has 0 saturated carbocycles. The molecule has 258 valence electrons. The summed E-state index contributed by atoms with van der Waals surface area (Å²) in [7, 11) is 0. The Morgan fingerprint density at radius 1 is 0.488 bits per heavy atom. The first-order chi connectivity index (χ1) is 21.0. The number of rotatable bonds is 34. The van der Waals surface area contributed by atoms with Crippen LogP contribution in [0.25, 0.3) is 0 Å². The average molecular weight is 614 g/mol. The quantitative estimate of drug-likeness (QED) is 0.0466. The summed E-state index contributed by atoms with van der Waals surface area (Å²) < 4.78 is 0. The van der Waals surface area contributed by atoms with Gasteiger partial charge in [0.2, 0.25) is 5.91 Å². The molecule has 0 aliphatic carbocycles. The number of hydrogen-bond donors (Lipinski definition) is 5. The van der Waals surface area contributed by atoms with Crippen molar-refractivity contribution in [3.63, 3.8) is 0 Å². The maximum atomic E-state index is 12.4. The van der Waals surface area contributed by atoms with Gasteiger partial charge in [-0.25, -0.2) is 0 Å². The SMILES string of the molecule is CCCCCCCCCCCCCCCCCCCCCC(O)C(=O)NC(CO)C(O)C(O)CCCCCCCCCC. The van der Waals surface area contributed by atoms with Crippen molar-refractivity contribution in [1.29, 1.82) is 0 Å². The van der Waals surface area contributed by atoms with Crippen LogP contribution >= 0.6 is 0 Å². The van der Waals surface area contributed by atoms with E-state index in [2.05, 4.69) is 19.2 Å². The molecule has 6 heteroatoms. The largest absolute Gasteiger partial charge is 0.394 e. The molecule has 43 heavy (non-hydrogen) atoms. The summed E-state index contributed by atoms with van der Waals surface area (Å²) in [6, 6.07) is -0.976. The third kappa shape index (κ3) is 27.4. The Hall–Kier alpha value is -0.690. The number of carbonyl (C=O) groups is 1. The van der Waals surface area contributed by atoms with Gasteiger partial charge in [-0.3, -0.25) is 4.79 Å². The number of hydrogen-bond acceptors (Lipinski definition) is 5. The third-order valence-corrected chi connectivity index (χ3v) is 9.07. The second-order valence-electron chi connectivity index (χ2n) is 13.3. The van der Waals surface area contributed by atoms with E-state index in [9.17, 15) is 25.2 Å². The van der Waals surface area contributed by atoms with Gasteiger partial charge in [-0.2, -0.15) is 0 Å². The molecule has 0 rings (SSSR count). The molecule has 0 radical (unpaired) electrons. The Balaban J connectivity index is 3.69. The molecular weight excluding hydrogens is 538 g/mol. The summed E-state index contributed by atoms with van der Waals surface area (Å²) in [6.45, 7) is 4.00. The Kier molecular flexibility index (Phi) is 32.2. The summed E-state index contributed by atoms with van der Waals surface area (Å²) >= 11 is 0. The van der Waals surface area contributed by atoms with Crippen LogP contribution in [0.4, 0.5) is 0 Å². The van der Waals surface area contributed by atoms with Gasteiger partial charge in [0.25, 0.3) is 0 Å². The van der Waals surface area contributed by atoms with Crippen molar-refractivity contribution in [3.8, 4) is 0 Å². The summed E-state index contributed by atoms with van der Waals surface area (Å²) in [4.78, 5) is 12.4. The van der Waals surface area contributed by atoms with E-state index in [4.69, 9.17) is 0 Å². The molecule has 5 N–H and O–H groups in total. The zero-order valence-corrected chi connectivity index (χ0v) is 28.7. The second kappa shape index (κ2) is 32.7. The smallest absolute Gasteiger partial charge is 0.249 e. The van der Waals surface area contributed by atoms with Crippen LogP contribution in [0, 0.1) is 0 Å². The highest BCUT2D eigenvalue weighted by molar-refractivity contribution is 5.80. The monoisotopic (exact) mass is 614 g/mol. The Labute approximate surface area is 267 Å². The lowest BCUT2D eigenvalue weighted by Gasteiger charge is -2.27. The maximum absolute atomic E-state index is 12.4. The molecule has 4 unspecified atom stereocenters. The van der Waals surface area contributed by atoms with E-state index in [0.717, 1.165) is 38.5 Å². The van der Waals surface area contributed by atoms with Crippen LogP contribution in [0.2, 0.25) is 0 Å². The molecule has 6 nitrogen and oxygen atoms in total. The van der Waals surface area contributed by atoms with E-state index >= 15 is 0 Å². The Morgan fingerprint density at radius 2 is 0.791 bits per heavy atom. The number of nitrogens with one attached hydrogen (secondary N) is 1. The predicted octanol–water partition coefficient (Wildman–Crippen LogP) is 8.90. The van der Waals surface area contributed by atoms with Crippen molar-refractivity contribution in [2.45, 2.75) is 224 Å². The lowest BCUT2D eigenvalue weighted by Crippen LogP contribution is -2.53. The molecule has 0 aliphatic heterocycles. The van der Waals surface area contributed by atoms with Crippen molar-refractivity contribution in [3.05, 3.63) is 0 Å². The molecule has 1 amide bonds. The molecule has 0 aliphatic rings. The predicted molar refractivity (Wildman–Crippen MR) is 182 cm³/mol. The van der Waals surface area contributed by atoms with Gasteiger partial charge in [0.15, 0.2) is 0 Å². The third-order valence-electron chi connectivity index (χ3n) is 9.07. The Morgan fingerprint density at radius 3 is 1.12 bits per heavy atom. The minimum Gasteiger partial charge on any atom is -0.394 e. The van der Waals surface area contributed by atoms with Gasteiger partial charge in [0.05, 0.1) is 18.8 Å². The van der Waals surface area contributed by atoms with Gasteiger partial charge in [0.1, 0.15) is 12.2 Å². The first-order valence-corrected chi connectivity index (χ1v) is 18.9. The van der Waals surface area contributed by atoms with Crippen LogP contribution in [0.3, 0.4) is 0 Å². The molecular formula is C37H75NO5. The zero-order chi connectivity index (χ0) is 31.8. The number of amides is 1. The fraction of sp³-hybridized carbons (Fsp3) is 0.973. The maximum Gasteiger partial charge on any atom is 0.249 e. The van der Waals surface area contributed by atoms with Gasteiger partial charge >= 0.3 is 0 Å². The number of unbranched alkanes of at least 4 members (excludes halogenated alkanes) is 25. The van der Waals surface area contributed by atoms with E-state index < -0.39 is 36.9 Å². The van der Waals surface area contributed by atoms with Crippen molar-refractivity contribution in [2.75, 3.05) is 6.61 Å². The molecule has 0 spiro atoms. The van der Waals surface area contributed by atoms with Crippen molar-refractivity contribution >= 4 is 5.91 Å². The lowest BCUT2D eigenvalue weighted by atomic mass is 9.99. The number of carbonyl (C=O) groups excluding carboxylic acids is 1. The van der Waals surface area contributed by atoms with E-state index in [1.54, 1.807) is 0 Å². The number of aliphatic hydroxyl groups is 4. The van der Waals surface area contributed by atoms with E-state index in [1.807, 2.05) is 0 Å². The van der Waals surface area contributed by atoms with Crippen molar-refractivity contribution < 1.29 is 25.2 Å². The van der Waals surface area contributed by atoms with Crippen LogP contribution in [-0.4, -0.2) is 57.3 Å². The summed E-state index contributed by atoms with van der Waals surface area (Å²) in [5, 5.41) is 43.3. The second-order valence-corrected chi connectivity index (χ2v) is 13.3. The normalized spacial score (nSPS) is 14.5. The Bertz CT molecular complexity index is 575. The molecule has 0 fully saturated rings. The van der Waals surface area contributed by atoms with Crippen LogP contribution in [0.15, 0.2) is 0 Å². The van der Waals surface area contributed by atoms with Crippen LogP contribution in [0.1, 0.15) is 200 Å². The van der Waals surface area contributed by atoms with E-state index in [0.29, 0.717) is 12.8 Å². The summed E-state index contributed by atoms with van der Waals surface area (Å²) in [5.41, 5.74) is 0. The summed E-state index contributed by atoms with van der Waals surface area (Å²) in [5.74, 6) is -0.584. The molecule has 4 atom stereocenters. The van der Waals surface area contributed by atoms with Gasteiger partial charge in [-0.15, -0.1) is 0 Å². The first-order valence-electron chi connectivity index (χ1n) is 18.9. The molecule has 0 aromatic heterocycles. The molecule has 0 aromatic carbocycles. The highest BCUT2D eigenvalue weighted by Gasteiger charge is 2.28. The lowest BCUT2D eigenvalue weighted by molar-refractivity contribution is -0.132. The minimum atomic E-state index is -1.25. The van der Waals surface area contributed by atoms with E-state index in [-0.39, 0.29) is 0 Å². The fourth-order valence-corrected chi connectivity index (χ4v) is 5.99. The van der Waals surface area contributed by atoms with E-state index in [1.165, 1.54) is 135 Å². The van der Waals surface area contributed by atoms with Crippen LogP contribution in [-0.2, 0) is 4.79 Å². The van der Waals surface area contributed by atoms with Gasteiger partial charge < -0.3 is 25.7 Å². The van der Waals surface area contributed by atoms with Crippen LogP contribution in [0.5, 0.6) is 0 Å². The van der Waals surface area contributed by atoms with Gasteiger partial charge in [-0.05, 0) is 12.8 Å². The highest BCUT2D eigenvalue weighted by Crippen LogP contribution is 2.16. The van der Waals surface area contributed by atoms with Gasteiger partial charge in [0, 0.05) is 0 Å². The first kappa shape index (κ1) is 42.3. The zero-order valence-electron chi connectivity index (χ0n) is 28.7. The molecule has 0 heterocycles. The number of aliphatic hydroxyl groups excluding tert-OH is 4. The molecule has 0 bridgehead atoms. The topological polar surface area (TPSA) is 110 Å². The van der Waals surface area contributed by atoms with Gasteiger partial charge in [-0.1, -0.05) is 187 Å². The van der Waals surface area contributed by atoms with Crippen molar-refractivity contribution in [1.82, 2.24) is 5.32 Å². The average Bonchev–Trinajstić information content (AvgIpc) is 3.01.